The Hall–Kier alpha value is -1.29. The first kappa shape index (κ1) is 13.1. The fourth-order valence-electron chi connectivity index (χ4n) is 2.20. The van der Waals surface area contributed by atoms with Crippen LogP contribution in [0.15, 0.2) is 18.2 Å². The average Bonchev–Trinajstić information content (AvgIpc) is 2.27. The number of hydrogen-bond acceptors (Lipinski definition) is 1. The molecule has 3 nitrogen and oxygen atoms in total. The molecule has 1 N–H and O–H groups in total. The van der Waals surface area contributed by atoms with E-state index in [9.17, 15) is 9.18 Å². The smallest absolute Gasteiger partial charge is 0.321 e. The Morgan fingerprint density at radius 1 is 1.50 bits per heavy atom. The number of nitrogens with zero attached hydrogens (tertiary/aromatic N) is 1. The topological polar surface area (TPSA) is 32.3 Å². The highest BCUT2D eigenvalue weighted by Gasteiger charge is 2.20. The highest BCUT2D eigenvalue weighted by Crippen LogP contribution is 2.20. The molecule has 2 amide bonds. The minimum atomic E-state index is -0.454. The molecule has 0 radical (unpaired) electrons. The molecule has 0 aliphatic carbocycles. The number of amides is 2. The van der Waals surface area contributed by atoms with Crippen molar-refractivity contribution >= 4 is 23.3 Å². The average molecular weight is 271 g/mol. The number of nitrogens with one attached hydrogen (secondary N) is 1. The lowest BCUT2D eigenvalue weighted by Crippen LogP contribution is -2.41. The van der Waals surface area contributed by atoms with Crippen molar-refractivity contribution in [1.29, 1.82) is 0 Å². The molecule has 1 saturated heterocycles. The number of rotatable bonds is 1. The van der Waals surface area contributed by atoms with E-state index < -0.39 is 5.82 Å². The van der Waals surface area contributed by atoms with E-state index in [4.69, 9.17) is 11.6 Å². The summed E-state index contributed by atoms with van der Waals surface area (Å²) in [5, 5.41) is 2.95. The molecule has 1 atom stereocenters. The summed E-state index contributed by atoms with van der Waals surface area (Å²) in [4.78, 5) is 13.7. The highest BCUT2D eigenvalue weighted by molar-refractivity contribution is 6.30. The van der Waals surface area contributed by atoms with Crippen molar-refractivity contribution in [3.8, 4) is 0 Å². The summed E-state index contributed by atoms with van der Waals surface area (Å²) in [5.74, 6) is 0.0606. The van der Waals surface area contributed by atoms with Crippen LogP contribution >= 0.6 is 11.6 Å². The standard InChI is InChI=1S/C13H16ClFN2O/c1-9-3-2-4-17(8-9)13(18)16-12-6-10(14)5-11(15)7-12/h5-7,9H,2-4,8H2,1H3,(H,16,18). The number of piperidine rings is 1. The lowest BCUT2D eigenvalue weighted by Gasteiger charge is -2.30. The Bertz CT molecular complexity index is 432. The Morgan fingerprint density at radius 2 is 2.28 bits per heavy atom. The number of urea groups is 1. The van der Waals surface area contributed by atoms with Crippen molar-refractivity contribution in [2.24, 2.45) is 5.92 Å². The second-order valence-corrected chi connectivity index (χ2v) is 5.22. The van der Waals surface area contributed by atoms with Gasteiger partial charge < -0.3 is 10.2 Å². The molecule has 1 aromatic carbocycles. The summed E-state index contributed by atoms with van der Waals surface area (Å²) in [6, 6.07) is 3.82. The molecule has 1 fully saturated rings. The molecule has 1 aliphatic rings. The zero-order valence-electron chi connectivity index (χ0n) is 10.2. The van der Waals surface area contributed by atoms with E-state index in [1.165, 1.54) is 18.2 Å². The maximum atomic E-state index is 13.1. The Kier molecular flexibility index (Phi) is 4.07. The number of hydrogen-bond donors (Lipinski definition) is 1. The van der Waals surface area contributed by atoms with Gasteiger partial charge in [-0.05, 0) is 37.0 Å². The summed E-state index contributed by atoms with van der Waals surface area (Å²) < 4.78 is 13.1. The quantitative estimate of drug-likeness (QED) is 0.828. The second kappa shape index (κ2) is 5.57. The normalized spacial score (nSPS) is 19.7. The largest absolute Gasteiger partial charge is 0.324 e. The predicted molar refractivity (Wildman–Crippen MR) is 70.4 cm³/mol. The van der Waals surface area contributed by atoms with Gasteiger partial charge in [0.1, 0.15) is 5.82 Å². The first-order chi connectivity index (χ1) is 8.54. The number of benzene rings is 1. The fraction of sp³-hybridized carbons (Fsp3) is 0.462. The maximum Gasteiger partial charge on any atom is 0.321 e. The molecule has 0 aromatic heterocycles. The van der Waals surface area contributed by atoms with Gasteiger partial charge in [-0.3, -0.25) is 0 Å². The molecular formula is C13H16ClFN2O. The predicted octanol–water partition coefficient (Wildman–Crippen LogP) is 3.74. The molecule has 2 rings (SSSR count). The lowest BCUT2D eigenvalue weighted by molar-refractivity contribution is 0.182. The van der Waals surface area contributed by atoms with Gasteiger partial charge in [-0.25, -0.2) is 9.18 Å². The van der Waals surface area contributed by atoms with E-state index >= 15 is 0 Å². The van der Waals surface area contributed by atoms with Crippen LogP contribution in [0.4, 0.5) is 14.9 Å². The molecule has 0 bridgehead atoms. The van der Waals surface area contributed by atoms with Crippen LogP contribution in [0.5, 0.6) is 0 Å². The van der Waals surface area contributed by atoms with Crippen molar-refractivity contribution < 1.29 is 9.18 Å². The van der Waals surface area contributed by atoms with Crippen molar-refractivity contribution in [2.75, 3.05) is 18.4 Å². The molecule has 0 saturated carbocycles. The van der Waals surface area contributed by atoms with Crippen LogP contribution in [0.2, 0.25) is 5.02 Å². The molecule has 0 spiro atoms. The van der Waals surface area contributed by atoms with Crippen molar-refractivity contribution in [3.63, 3.8) is 0 Å². The molecule has 18 heavy (non-hydrogen) atoms. The SMILES string of the molecule is CC1CCCN(C(=O)Nc2cc(F)cc(Cl)c2)C1. The van der Waals surface area contributed by atoms with Crippen molar-refractivity contribution in [1.82, 2.24) is 4.90 Å². The van der Waals surface area contributed by atoms with Gasteiger partial charge in [0, 0.05) is 23.8 Å². The van der Waals surface area contributed by atoms with E-state index in [0.717, 1.165) is 25.9 Å². The summed E-state index contributed by atoms with van der Waals surface area (Å²) in [7, 11) is 0. The zero-order valence-corrected chi connectivity index (χ0v) is 11.0. The van der Waals surface area contributed by atoms with Gasteiger partial charge in [0.05, 0.1) is 0 Å². The summed E-state index contributed by atoms with van der Waals surface area (Å²) in [6.45, 7) is 3.62. The molecule has 1 heterocycles. The number of carbonyl (C=O) groups is 1. The van der Waals surface area contributed by atoms with Gasteiger partial charge >= 0.3 is 6.03 Å². The van der Waals surface area contributed by atoms with Gasteiger partial charge in [0.2, 0.25) is 0 Å². The van der Waals surface area contributed by atoms with Crippen LogP contribution in [-0.2, 0) is 0 Å². The molecule has 1 aromatic rings. The van der Waals surface area contributed by atoms with Gasteiger partial charge in [-0.15, -0.1) is 0 Å². The minimum absolute atomic E-state index is 0.191. The third-order valence-electron chi connectivity index (χ3n) is 3.06. The van der Waals surface area contributed by atoms with Gasteiger partial charge in [0.25, 0.3) is 0 Å². The van der Waals surface area contributed by atoms with Gasteiger partial charge in [-0.1, -0.05) is 18.5 Å². The van der Waals surface area contributed by atoms with Crippen molar-refractivity contribution in [2.45, 2.75) is 19.8 Å². The fourth-order valence-corrected chi connectivity index (χ4v) is 2.42. The Morgan fingerprint density at radius 3 is 2.94 bits per heavy atom. The van der Waals surface area contributed by atoms with E-state index in [0.29, 0.717) is 11.6 Å². The van der Waals surface area contributed by atoms with Crippen LogP contribution in [0.3, 0.4) is 0 Å². The molecular weight excluding hydrogens is 255 g/mol. The van der Waals surface area contributed by atoms with Crippen LogP contribution in [0.1, 0.15) is 19.8 Å². The summed E-state index contributed by atoms with van der Waals surface area (Å²) >= 11 is 5.74. The Labute approximate surface area is 111 Å². The minimum Gasteiger partial charge on any atom is -0.324 e. The highest BCUT2D eigenvalue weighted by atomic mass is 35.5. The van der Waals surface area contributed by atoms with Gasteiger partial charge in [0.15, 0.2) is 0 Å². The molecule has 1 unspecified atom stereocenters. The van der Waals surface area contributed by atoms with Crippen molar-refractivity contribution in [3.05, 3.63) is 29.0 Å². The molecule has 98 valence electrons. The number of halogens is 2. The first-order valence-electron chi connectivity index (χ1n) is 6.06. The van der Waals surface area contributed by atoms with Crippen LogP contribution in [-0.4, -0.2) is 24.0 Å². The second-order valence-electron chi connectivity index (χ2n) is 4.78. The lowest BCUT2D eigenvalue weighted by atomic mass is 10.0. The maximum absolute atomic E-state index is 13.1. The molecule has 5 heteroatoms. The van der Waals surface area contributed by atoms with E-state index in [1.54, 1.807) is 4.90 Å². The van der Waals surface area contributed by atoms with E-state index in [1.807, 2.05) is 0 Å². The first-order valence-corrected chi connectivity index (χ1v) is 6.44. The van der Waals surface area contributed by atoms with Crippen LogP contribution < -0.4 is 5.32 Å². The number of anilines is 1. The van der Waals surface area contributed by atoms with E-state index in [-0.39, 0.29) is 11.1 Å². The van der Waals surface area contributed by atoms with Crippen LogP contribution in [0, 0.1) is 11.7 Å². The third-order valence-corrected chi connectivity index (χ3v) is 3.28. The molecule has 1 aliphatic heterocycles. The zero-order chi connectivity index (χ0) is 13.1. The number of likely N-dealkylation sites (tertiary alicyclic amines) is 1. The monoisotopic (exact) mass is 270 g/mol. The third kappa shape index (κ3) is 3.35. The number of carbonyl (C=O) groups excluding carboxylic acids is 1. The Balaban J connectivity index is 2.02. The summed E-state index contributed by atoms with van der Waals surface area (Å²) in [6.07, 6.45) is 2.16. The van der Waals surface area contributed by atoms with Crippen LogP contribution in [0.25, 0.3) is 0 Å². The van der Waals surface area contributed by atoms with E-state index in [2.05, 4.69) is 12.2 Å². The summed E-state index contributed by atoms with van der Waals surface area (Å²) in [5.41, 5.74) is 0.392. The van der Waals surface area contributed by atoms with Gasteiger partial charge in [-0.2, -0.15) is 0 Å².